The summed E-state index contributed by atoms with van der Waals surface area (Å²) in [4.78, 5) is 4.63. The molecule has 0 bridgehead atoms. The van der Waals surface area contributed by atoms with Crippen LogP contribution in [0.2, 0.25) is 0 Å². The van der Waals surface area contributed by atoms with Crippen LogP contribution in [0.25, 0.3) is 0 Å². The second kappa shape index (κ2) is 8.89. The van der Waals surface area contributed by atoms with E-state index in [4.69, 9.17) is 4.74 Å². The minimum atomic E-state index is 0. The molecular weight excluding hydrogens is 308 g/mol. The van der Waals surface area contributed by atoms with Crippen molar-refractivity contribution in [3.05, 3.63) is 46.1 Å². The van der Waals surface area contributed by atoms with Crippen LogP contribution in [0, 0.1) is 34.6 Å². The quantitative estimate of drug-likeness (QED) is 0.638. The molecule has 0 aliphatic rings. The van der Waals surface area contributed by atoms with Gasteiger partial charge < -0.3 is 10.1 Å². The predicted octanol–water partition coefficient (Wildman–Crippen LogP) is 6.65. The topological polar surface area (TPSA) is 34.2 Å². The van der Waals surface area contributed by atoms with E-state index >= 15 is 0 Å². The number of ether oxygens (including phenoxy) is 1. The molecule has 0 spiro atoms. The van der Waals surface area contributed by atoms with Gasteiger partial charge in [0, 0.05) is 23.0 Å². The first-order valence-corrected chi connectivity index (χ1v) is 8.86. The second-order valence-corrected chi connectivity index (χ2v) is 6.73. The molecule has 0 saturated carbocycles. The van der Waals surface area contributed by atoms with Gasteiger partial charge in [-0.3, -0.25) is 0 Å². The molecule has 25 heavy (non-hydrogen) atoms. The first-order chi connectivity index (χ1) is 11.3. The smallest absolute Gasteiger partial charge is 0.224 e. The summed E-state index contributed by atoms with van der Waals surface area (Å²) in [6.07, 6.45) is 2.20. The van der Waals surface area contributed by atoms with Crippen molar-refractivity contribution in [1.82, 2.24) is 4.98 Å². The molecule has 1 aromatic heterocycles. The van der Waals surface area contributed by atoms with Gasteiger partial charge in [-0.25, -0.2) is 4.98 Å². The summed E-state index contributed by atoms with van der Waals surface area (Å²) < 4.78 is 6.24. The molecule has 1 heterocycles. The highest BCUT2D eigenvalue weighted by Gasteiger charge is 2.14. The average Bonchev–Trinajstić information content (AvgIpc) is 2.52. The Morgan fingerprint density at radius 3 is 2.04 bits per heavy atom. The van der Waals surface area contributed by atoms with Crippen molar-refractivity contribution >= 4 is 5.69 Å². The Hall–Kier alpha value is -2.03. The van der Waals surface area contributed by atoms with Crippen LogP contribution >= 0.6 is 0 Å². The second-order valence-electron chi connectivity index (χ2n) is 6.73. The normalized spacial score (nSPS) is 10.6. The molecule has 1 N–H and O–H groups in total. The van der Waals surface area contributed by atoms with Gasteiger partial charge in [0.15, 0.2) is 0 Å². The molecule has 3 nitrogen and oxygen atoms in total. The number of rotatable bonds is 6. The Kier molecular flexibility index (Phi) is 7.47. The third-order valence-corrected chi connectivity index (χ3v) is 4.50. The van der Waals surface area contributed by atoms with E-state index in [1.165, 1.54) is 5.56 Å². The number of nitrogens with zero attached hydrogens (tertiary/aromatic N) is 1. The van der Waals surface area contributed by atoms with Crippen LogP contribution in [0.1, 0.15) is 62.1 Å². The zero-order valence-corrected chi connectivity index (χ0v) is 16.1. The van der Waals surface area contributed by atoms with Crippen LogP contribution in [0.15, 0.2) is 18.2 Å². The van der Waals surface area contributed by atoms with E-state index in [1.54, 1.807) is 0 Å². The van der Waals surface area contributed by atoms with Gasteiger partial charge in [-0.2, -0.15) is 0 Å². The molecule has 0 saturated heterocycles. The summed E-state index contributed by atoms with van der Waals surface area (Å²) in [5.41, 5.74) is 6.68. The number of nitrogens with one attached hydrogen (secondary N) is 1. The Morgan fingerprint density at radius 2 is 1.52 bits per heavy atom. The van der Waals surface area contributed by atoms with Crippen molar-refractivity contribution < 1.29 is 4.74 Å². The highest BCUT2D eigenvalue weighted by Crippen LogP contribution is 2.33. The summed E-state index contributed by atoms with van der Waals surface area (Å²) in [7, 11) is 0. The number of hydrogen-bond acceptors (Lipinski definition) is 3. The predicted molar refractivity (Wildman–Crippen MR) is 109 cm³/mol. The number of aromatic nitrogens is 1. The minimum absolute atomic E-state index is 0. The summed E-state index contributed by atoms with van der Waals surface area (Å²) in [5, 5.41) is 3.63. The van der Waals surface area contributed by atoms with Crippen LogP contribution in [0.3, 0.4) is 0 Å². The molecule has 0 atom stereocenters. The van der Waals surface area contributed by atoms with Gasteiger partial charge in [0.25, 0.3) is 0 Å². The van der Waals surface area contributed by atoms with Gasteiger partial charge in [0.2, 0.25) is 5.88 Å². The summed E-state index contributed by atoms with van der Waals surface area (Å²) in [6, 6.07) is 6.88. The number of pyridine rings is 1. The van der Waals surface area contributed by atoms with Crippen LogP contribution in [-0.2, 0) is 0 Å². The largest absolute Gasteiger partial charge is 0.438 e. The Morgan fingerprint density at radius 1 is 0.960 bits per heavy atom. The van der Waals surface area contributed by atoms with E-state index in [9.17, 15) is 0 Å². The van der Waals surface area contributed by atoms with Crippen molar-refractivity contribution in [3.63, 3.8) is 0 Å². The first-order valence-electron chi connectivity index (χ1n) is 8.86. The molecule has 0 unspecified atom stereocenters. The Labute approximate surface area is 153 Å². The third-order valence-electron chi connectivity index (χ3n) is 4.50. The number of benzene rings is 1. The zero-order chi connectivity index (χ0) is 17.9. The SMILES string of the molecule is C.CCC(CC)Nc1cc(C)nc(Oc2c(C)cc(C)cc2C)c1C. The van der Waals surface area contributed by atoms with E-state index in [-0.39, 0.29) is 7.43 Å². The van der Waals surface area contributed by atoms with Gasteiger partial charge in [0.1, 0.15) is 5.75 Å². The lowest BCUT2D eigenvalue weighted by Gasteiger charge is -2.20. The van der Waals surface area contributed by atoms with E-state index in [0.717, 1.165) is 46.7 Å². The molecule has 0 amide bonds. The first kappa shape index (κ1) is 21.0. The molecule has 2 aromatic rings. The molecule has 3 heteroatoms. The molecule has 0 radical (unpaired) electrons. The van der Waals surface area contributed by atoms with Crippen LogP contribution in [0.4, 0.5) is 5.69 Å². The average molecular weight is 343 g/mol. The Balaban J connectivity index is 0.00000312. The lowest BCUT2D eigenvalue weighted by Crippen LogP contribution is -2.18. The lowest BCUT2D eigenvalue weighted by atomic mass is 10.1. The van der Waals surface area contributed by atoms with Gasteiger partial charge in [-0.1, -0.05) is 39.0 Å². The molecule has 2 rings (SSSR count). The maximum Gasteiger partial charge on any atom is 0.224 e. The molecule has 138 valence electrons. The van der Waals surface area contributed by atoms with Crippen LogP contribution in [-0.4, -0.2) is 11.0 Å². The van der Waals surface area contributed by atoms with E-state index in [1.807, 2.05) is 6.92 Å². The summed E-state index contributed by atoms with van der Waals surface area (Å²) in [5.74, 6) is 1.61. The molecule has 1 aromatic carbocycles. The van der Waals surface area contributed by atoms with E-state index in [2.05, 4.69) is 70.0 Å². The highest BCUT2D eigenvalue weighted by atomic mass is 16.5. The van der Waals surface area contributed by atoms with Crippen molar-refractivity contribution in [1.29, 1.82) is 0 Å². The van der Waals surface area contributed by atoms with Gasteiger partial charge in [-0.15, -0.1) is 0 Å². The van der Waals surface area contributed by atoms with Gasteiger partial charge in [-0.05, 0) is 64.7 Å². The van der Waals surface area contributed by atoms with Gasteiger partial charge in [0.05, 0.1) is 0 Å². The fourth-order valence-electron chi connectivity index (χ4n) is 3.10. The lowest BCUT2D eigenvalue weighted by molar-refractivity contribution is 0.451. The maximum absolute atomic E-state index is 6.24. The van der Waals surface area contributed by atoms with Crippen molar-refractivity contribution in [2.75, 3.05) is 5.32 Å². The van der Waals surface area contributed by atoms with Crippen molar-refractivity contribution in [2.24, 2.45) is 0 Å². The van der Waals surface area contributed by atoms with Gasteiger partial charge >= 0.3 is 0 Å². The molecule has 0 fully saturated rings. The highest BCUT2D eigenvalue weighted by molar-refractivity contribution is 5.57. The Bertz CT molecular complexity index is 695. The third kappa shape index (κ3) is 4.97. The molecule has 0 aliphatic carbocycles. The molecular formula is C22H34N2O. The zero-order valence-electron chi connectivity index (χ0n) is 16.1. The number of aryl methyl sites for hydroxylation is 4. The van der Waals surface area contributed by atoms with E-state index < -0.39 is 0 Å². The fourth-order valence-corrected chi connectivity index (χ4v) is 3.10. The summed E-state index contributed by atoms with van der Waals surface area (Å²) in [6.45, 7) is 14.8. The fraction of sp³-hybridized carbons (Fsp3) is 0.500. The minimum Gasteiger partial charge on any atom is -0.438 e. The van der Waals surface area contributed by atoms with Crippen LogP contribution < -0.4 is 10.1 Å². The monoisotopic (exact) mass is 342 g/mol. The summed E-state index contributed by atoms with van der Waals surface area (Å²) >= 11 is 0. The van der Waals surface area contributed by atoms with Crippen LogP contribution in [0.5, 0.6) is 11.6 Å². The maximum atomic E-state index is 6.24. The number of anilines is 1. The molecule has 0 aliphatic heterocycles. The van der Waals surface area contributed by atoms with Crippen molar-refractivity contribution in [3.8, 4) is 11.6 Å². The van der Waals surface area contributed by atoms with E-state index in [0.29, 0.717) is 11.9 Å². The van der Waals surface area contributed by atoms with Crippen molar-refractivity contribution in [2.45, 2.75) is 74.8 Å². The standard InChI is InChI=1S/C21H30N2O.CH4/c1-8-18(9-2)23-19-12-16(6)22-21(17(19)7)24-20-14(4)10-13(3)11-15(20)5;/h10-12,18H,8-9H2,1-7H3,(H,22,23);1H4. The number of hydrogen-bond donors (Lipinski definition) is 1.